The highest BCUT2D eigenvalue weighted by molar-refractivity contribution is 5.93. The van der Waals surface area contributed by atoms with Crippen LogP contribution in [0.15, 0.2) is 18.2 Å². The van der Waals surface area contributed by atoms with Gasteiger partial charge in [-0.2, -0.15) is 0 Å². The largest absolute Gasteiger partial charge is 0.468 e. The van der Waals surface area contributed by atoms with Crippen LogP contribution in [0.4, 0.5) is 4.79 Å². The highest BCUT2D eigenvalue weighted by atomic mass is 16.6. The molecule has 3 amide bonds. The number of amides is 3. The second-order valence-electron chi connectivity index (χ2n) is 10.4. The fourth-order valence-electron chi connectivity index (χ4n) is 3.79. The monoisotopic (exact) mass is 505 g/mol. The molecule has 0 saturated heterocycles. The van der Waals surface area contributed by atoms with Crippen molar-refractivity contribution in [2.24, 2.45) is 5.92 Å². The predicted molar refractivity (Wildman–Crippen MR) is 138 cm³/mol. The molecule has 2 unspecified atom stereocenters. The number of alkyl carbamates (subject to hydrolysis) is 1. The number of ether oxygens (including phenoxy) is 2. The molecule has 1 rings (SSSR count). The second-order valence-corrected chi connectivity index (χ2v) is 10.4. The van der Waals surface area contributed by atoms with Gasteiger partial charge < -0.3 is 25.0 Å². The first-order valence-electron chi connectivity index (χ1n) is 12.4. The molecule has 0 heterocycles. The zero-order chi connectivity index (χ0) is 27.6. The lowest BCUT2D eigenvalue weighted by molar-refractivity contribution is -0.145. The molecule has 9 nitrogen and oxygen atoms in total. The quantitative estimate of drug-likeness (QED) is 0.442. The Balaban J connectivity index is 3.50. The van der Waals surface area contributed by atoms with Gasteiger partial charge in [0.05, 0.1) is 7.11 Å². The first-order valence-corrected chi connectivity index (χ1v) is 12.4. The Kier molecular flexibility index (Phi) is 11.9. The standard InChI is InChI=1S/C27H43N3O6/c1-10-11-12-30(25(33)22(17(2)3)29-26(34)36-27(6,7)8)23(24(32)28-16-21(31)35-9)20-14-18(4)13-19(5)15-20/h13-15,17,22-23H,10-12,16H2,1-9H3,(H,28,32)(H,29,34). The Labute approximate surface area is 215 Å². The van der Waals surface area contributed by atoms with Crippen molar-refractivity contribution in [2.75, 3.05) is 20.2 Å². The van der Waals surface area contributed by atoms with Gasteiger partial charge in [-0.1, -0.05) is 56.5 Å². The molecular formula is C27H43N3O6. The van der Waals surface area contributed by atoms with Gasteiger partial charge in [-0.25, -0.2) is 4.79 Å². The van der Waals surface area contributed by atoms with Crippen molar-refractivity contribution in [1.82, 2.24) is 15.5 Å². The lowest BCUT2D eigenvalue weighted by Crippen LogP contribution is -2.55. The van der Waals surface area contributed by atoms with E-state index in [9.17, 15) is 19.2 Å². The third-order valence-electron chi connectivity index (χ3n) is 5.40. The lowest BCUT2D eigenvalue weighted by Gasteiger charge is -2.35. The van der Waals surface area contributed by atoms with E-state index in [1.54, 1.807) is 20.8 Å². The molecule has 0 spiro atoms. The molecular weight excluding hydrogens is 462 g/mol. The van der Waals surface area contributed by atoms with Crippen LogP contribution >= 0.6 is 0 Å². The van der Waals surface area contributed by atoms with Crippen molar-refractivity contribution in [1.29, 1.82) is 0 Å². The van der Waals surface area contributed by atoms with Crippen LogP contribution in [-0.4, -0.2) is 60.6 Å². The Hall–Kier alpha value is -3.10. The summed E-state index contributed by atoms with van der Waals surface area (Å²) in [7, 11) is 1.24. The molecule has 0 aliphatic rings. The molecule has 2 N–H and O–H groups in total. The minimum atomic E-state index is -1.01. The highest BCUT2D eigenvalue weighted by Gasteiger charge is 2.37. The summed E-state index contributed by atoms with van der Waals surface area (Å²) in [6.45, 7) is 14.7. The molecule has 1 aromatic rings. The maximum absolute atomic E-state index is 14.0. The third kappa shape index (κ3) is 9.87. The fourth-order valence-corrected chi connectivity index (χ4v) is 3.79. The minimum Gasteiger partial charge on any atom is -0.468 e. The summed E-state index contributed by atoms with van der Waals surface area (Å²) in [4.78, 5) is 53.2. The van der Waals surface area contributed by atoms with Crippen LogP contribution < -0.4 is 10.6 Å². The van der Waals surface area contributed by atoms with Gasteiger partial charge in [0.2, 0.25) is 11.8 Å². The molecule has 1 aromatic carbocycles. The number of nitrogens with one attached hydrogen (secondary N) is 2. The van der Waals surface area contributed by atoms with Crippen molar-refractivity contribution < 1.29 is 28.7 Å². The Morgan fingerprint density at radius 2 is 1.61 bits per heavy atom. The normalized spacial score (nSPS) is 12.9. The number of hydrogen-bond acceptors (Lipinski definition) is 6. The van der Waals surface area contributed by atoms with Gasteiger partial charge in [-0.15, -0.1) is 0 Å². The number of carbonyl (C=O) groups is 4. The van der Waals surface area contributed by atoms with Crippen LogP contribution in [0.25, 0.3) is 0 Å². The minimum absolute atomic E-state index is 0.271. The average Bonchev–Trinajstić information content (AvgIpc) is 2.75. The van der Waals surface area contributed by atoms with Gasteiger partial charge in [0.1, 0.15) is 24.2 Å². The van der Waals surface area contributed by atoms with Gasteiger partial charge in [-0.3, -0.25) is 14.4 Å². The van der Waals surface area contributed by atoms with E-state index in [-0.39, 0.29) is 19.0 Å². The number of methoxy groups -OCH3 is 1. The SMILES string of the molecule is CCCCN(C(=O)C(NC(=O)OC(C)(C)C)C(C)C)C(C(=O)NCC(=O)OC)c1cc(C)cc(C)c1. The number of unbranched alkanes of at least 4 members (excludes halogenated alkanes) is 1. The summed E-state index contributed by atoms with van der Waals surface area (Å²) in [5.41, 5.74) is 1.77. The summed E-state index contributed by atoms with van der Waals surface area (Å²) < 4.78 is 10.0. The molecule has 0 aliphatic heterocycles. The van der Waals surface area contributed by atoms with E-state index in [4.69, 9.17) is 4.74 Å². The van der Waals surface area contributed by atoms with Gasteiger partial charge >= 0.3 is 12.1 Å². The van der Waals surface area contributed by atoms with Crippen molar-refractivity contribution in [3.63, 3.8) is 0 Å². The topological polar surface area (TPSA) is 114 Å². The highest BCUT2D eigenvalue weighted by Crippen LogP contribution is 2.26. The number of esters is 1. The number of aryl methyl sites for hydroxylation is 2. The summed E-state index contributed by atoms with van der Waals surface area (Å²) in [5.74, 6) is -1.77. The molecule has 0 aromatic heterocycles. The Bertz CT molecular complexity index is 902. The van der Waals surface area contributed by atoms with E-state index in [0.29, 0.717) is 12.0 Å². The molecule has 0 radical (unpaired) electrons. The van der Waals surface area contributed by atoms with Crippen LogP contribution in [0.2, 0.25) is 0 Å². The van der Waals surface area contributed by atoms with Crippen molar-refractivity contribution in [2.45, 2.75) is 85.9 Å². The van der Waals surface area contributed by atoms with Gasteiger partial charge in [-0.05, 0) is 52.5 Å². The Morgan fingerprint density at radius 3 is 2.08 bits per heavy atom. The number of hydrogen-bond donors (Lipinski definition) is 2. The molecule has 0 saturated carbocycles. The first-order chi connectivity index (χ1) is 16.7. The zero-order valence-corrected chi connectivity index (χ0v) is 23.2. The van der Waals surface area contributed by atoms with Gasteiger partial charge in [0.25, 0.3) is 0 Å². The molecule has 0 bridgehead atoms. The van der Waals surface area contributed by atoms with E-state index in [2.05, 4.69) is 15.4 Å². The maximum Gasteiger partial charge on any atom is 0.408 e. The predicted octanol–water partition coefficient (Wildman–Crippen LogP) is 3.81. The van der Waals surface area contributed by atoms with Crippen molar-refractivity contribution in [3.8, 4) is 0 Å². The zero-order valence-electron chi connectivity index (χ0n) is 23.2. The molecule has 0 fully saturated rings. The van der Waals surface area contributed by atoms with E-state index in [0.717, 1.165) is 17.5 Å². The number of carbonyl (C=O) groups excluding carboxylic acids is 4. The average molecular weight is 506 g/mol. The van der Waals surface area contributed by atoms with Gasteiger partial charge in [0, 0.05) is 6.54 Å². The van der Waals surface area contributed by atoms with E-state index >= 15 is 0 Å². The molecule has 9 heteroatoms. The number of nitrogens with zero attached hydrogens (tertiary/aromatic N) is 1. The molecule has 36 heavy (non-hydrogen) atoms. The van der Waals surface area contributed by atoms with E-state index < -0.39 is 41.6 Å². The van der Waals surface area contributed by atoms with Gasteiger partial charge in [0.15, 0.2) is 0 Å². The summed E-state index contributed by atoms with van der Waals surface area (Å²) in [5, 5.41) is 5.30. The van der Waals surface area contributed by atoms with Crippen LogP contribution in [0.1, 0.15) is 77.1 Å². The Morgan fingerprint density at radius 1 is 1.03 bits per heavy atom. The summed E-state index contributed by atoms with van der Waals surface area (Å²) in [6.07, 6.45) is 0.733. The molecule has 2 atom stereocenters. The summed E-state index contributed by atoms with van der Waals surface area (Å²) >= 11 is 0. The fraction of sp³-hybridized carbons (Fsp3) is 0.630. The van der Waals surface area contributed by atoms with E-state index in [1.165, 1.54) is 12.0 Å². The maximum atomic E-state index is 14.0. The van der Waals surface area contributed by atoms with Crippen LogP contribution in [0.3, 0.4) is 0 Å². The second kappa shape index (κ2) is 13.8. The first kappa shape index (κ1) is 30.9. The van der Waals surface area contributed by atoms with Crippen molar-refractivity contribution in [3.05, 3.63) is 34.9 Å². The van der Waals surface area contributed by atoms with Crippen LogP contribution in [0, 0.1) is 19.8 Å². The molecule has 202 valence electrons. The number of benzene rings is 1. The van der Waals surface area contributed by atoms with E-state index in [1.807, 2.05) is 52.8 Å². The van der Waals surface area contributed by atoms with Crippen molar-refractivity contribution >= 4 is 23.9 Å². The number of rotatable bonds is 11. The molecule has 0 aliphatic carbocycles. The summed E-state index contributed by atoms with van der Waals surface area (Å²) in [6, 6.07) is 3.76. The van der Waals surface area contributed by atoms with Crippen LogP contribution in [0.5, 0.6) is 0 Å². The smallest absolute Gasteiger partial charge is 0.408 e. The van der Waals surface area contributed by atoms with Crippen LogP contribution in [-0.2, 0) is 23.9 Å². The lowest BCUT2D eigenvalue weighted by atomic mass is 9.96. The third-order valence-corrected chi connectivity index (χ3v) is 5.40.